The SMILES string of the molecule is CC(=O)N1CCCC(c2ccc(NC(=O)OCc3cnco3)cc2)C1. The van der Waals surface area contributed by atoms with Crippen LogP contribution < -0.4 is 5.32 Å². The Labute approximate surface area is 146 Å². The Hall–Kier alpha value is -2.83. The van der Waals surface area contributed by atoms with Gasteiger partial charge < -0.3 is 14.1 Å². The minimum absolute atomic E-state index is 0.0346. The Kier molecular flexibility index (Phi) is 5.33. The summed E-state index contributed by atoms with van der Waals surface area (Å²) in [5.41, 5.74) is 1.83. The molecule has 1 aromatic carbocycles. The maximum absolute atomic E-state index is 11.8. The molecule has 2 aromatic rings. The monoisotopic (exact) mass is 343 g/mol. The molecule has 1 fully saturated rings. The van der Waals surface area contributed by atoms with Crippen LogP contribution in [0, 0.1) is 0 Å². The van der Waals surface area contributed by atoms with Crippen molar-refractivity contribution in [2.24, 2.45) is 0 Å². The second-order valence-electron chi connectivity index (χ2n) is 6.10. The maximum atomic E-state index is 11.8. The topological polar surface area (TPSA) is 84.7 Å². The van der Waals surface area contributed by atoms with E-state index in [0.29, 0.717) is 17.4 Å². The van der Waals surface area contributed by atoms with Crippen LogP contribution in [0.5, 0.6) is 0 Å². The zero-order chi connectivity index (χ0) is 17.6. The minimum Gasteiger partial charge on any atom is -0.445 e. The zero-order valence-corrected chi connectivity index (χ0v) is 14.1. The van der Waals surface area contributed by atoms with Crippen LogP contribution in [0.2, 0.25) is 0 Å². The largest absolute Gasteiger partial charge is 0.445 e. The fourth-order valence-electron chi connectivity index (χ4n) is 2.98. The second-order valence-corrected chi connectivity index (χ2v) is 6.10. The Bertz CT molecular complexity index is 712. The number of aromatic nitrogens is 1. The highest BCUT2D eigenvalue weighted by Crippen LogP contribution is 2.27. The lowest BCUT2D eigenvalue weighted by Crippen LogP contribution is -2.37. The molecule has 2 heterocycles. The predicted molar refractivity (Wildman–Crippen MR) is 91.0 cm³/mol. The quantitative estimate of drug-likeness (QED) is 0.922. The number of anilines is 1. The number of amides is 2. The Morgan fingerprint density at radius 2 is 2.16 bits per heavy atom. The van der Waals surface area contributed by atoms with Gasteiger partial charge in [-0.1, -0.05) is 12.1 Å². The smallest absolute Gasteiger partial charge is 0.412 e. The molecule has 0 spiro atoms. The van der Waals surface area contributed by atoms with Crippen LogP contribution in [0.25, 0.3) is 0 Å². The molecule has 0 aliphatic carbocycles. The van der Waals surface area contributed by atoms with E-state index in [1.807, 2.05) is 29.2 Å². The van der Waals surface area contributed by atoms with Gasteiger partial charge in [0.1, 0.15) is 0 Å². The number of ether oxygens (including phenoxy) is 1. The summed E-state index contributed by atoms with van der Waals surface area (Å²) in [4.78, 5) is 29.0. The van der Waals surface area contributed by atoms with Crippen molar-refractivity contribution in [2.75, 3.05) is 18.4 Å². The number of hydrogen-bond acceptors (Lipinski definition) is 5. The summed E-state index contributed by atoms with van der Waals surface area (Å²) in [5.74, 6) is 0.945. The molecule has 3 rings (SSSR count). The van der Waals surface area contributed by atoms with Crippen LogP contribution in [0.1, 0.15) is 37.0 Å². The van der Waals surface area contributed by atoms with Crippen LogP contribution in [0.3, 0.4) is 0 Å². The van der Waals surface area contributed by atoms with Crippen LogP contribution in [-0.4, -0.2) is 35.0 Å². The lowest BCUT2D eigenvalue weighted by Gasteiger charge is -2.32. The third-order valence-corrected chi connectivity index (χ3v) is 4.32. The first-order valence-electron chi connectivity index (χ1n) is 8.28. The molecule has 1 atom stereocenters. The van der Waals surface area contributed by atoms with Crippen LogP contribution in [-0.2, 0) is 16.1 Å². The molecule has 7 heteroatoms. The summed E-state index contributed by atoms with van der Waals surface area (Å²) in [6.07, 6.45) is 4.31. The Morgan fingerprint density at radius 1 is 1.36 bits per heavy atom. The van der Waals surface area contributed by atoms with Crippen molar-refractivity contribution in [2.45, 2.75) is 32.3 Å². The van der Waals surface area contributed by atoms with Gasteiger partial charge in [0.15, 0.2) is 18.8 Å². The van der Waals surface area contributed by atoms with Gasteiger partial charge in [0.05, 0.1) is 6.20 Å². The number of oxazole rings is 1. The predicted octanol–water partition coefficient (Wildman–Crippen LogP) is 3.15. The molecular weight excluding hydrogens is 322 g/mol. The van der Waals surface area contributed by atoms with Gasteiger partial charge in [0.2, 0.25) is 5.91 Å². The van der Waals surface area contributed by atoms with Crippen molar-refractivity contribution < 1.29 is 18.7 Å². The molecule has 2 amide bonds. The molecule has 25 heavy (non-hydrogen) atoms. The van der Waals surface area contributed by atoms with Crippen LogP contribution >= 0.6 is 0 Å². The maximum Gasteiger partial charge on any atom is 0.412 e. The van der Waals surface area contributed by atoms with E-state index in [1.165, 1.54) is 18.2 Å². The normalized spacial score (nSPS) is 17.2. The van der Waals surface area contributed by atoms with Gasteiger partial charge in [-0.3, -0.25) is 10.1 Å². The van der Waals surface area contributed by atoms with Crippen molar-refractivity contribution >= 4 is 17.7 Å². The van der Waals surface area contributed by atoms with E-state index in [2.05, 4.69) is 10.3 Å². The number of nitrogens with zero attached hydrogens (tertiary/aromatic N) is 2. The highest BCUT2D eigenvalue weighted by Gasteiger charge is 2.22. The molecule has 1 aliphatic heterocycles. The van der Waals surface area contributed by atoms with Gasteiger partial charge >= 0.3 is 6.09 Å². The lowest BCUT2D eigenvalue weighted by molar-refractivity contribution is -0.130. The van der Waals surface area contributed by atoms with E-state index in [0.717, 1.165) is 25.9 Å². The number of carbonyl (C=O) groups is 2. The van der Waals surface area contributed by atoms with Gasteiger partial charge in [-0.15, -0.1) is 0 Å². The van der Waals surface area contributed by atoms with Crippen molar-refractivity contribution in [3.63, 3.8) is 0 Å². The lowest BCUT2D eigenvalue weighted by atomic mass is 9.90. The number of likely N-dealkylation sites (tertiary alicyclic amines) is 1. The number of piperidine rings is 1. The summed E-state index contributed by atoms with van der Waals surface area (Å²) < 4.78 is 10.0. The van der Waals surface area contributed by atoms with E-state index >= 15 is 0 Å². The number of rotatable bonds is 4. The molecule has 0 saturated carbocycles. The number of benzene rings is 1. The van der Waals surface area contributed by atoms with Gasteiger partial charge in [0, 0.05) is 31.6 Å². The van der Waals surface area contributed by atoms with Crippen molar-refractivity contribution in [3.05, 3.63) is 48.2 Å². The summed E-state index contributed by atoms with van der Waals surface area (Å²) in [7, 11) is 0. The molecule has 1 unspecified atom stereocenters. The number of carbonyl (C=O) groups excluding carboxylic acids is 2. The summed E-state index contributed by atoms with van der Waals surface area (Å²) >= 11 is 0. The molecule has 132 valence electrons. The highest BCUT2D eigenvalue weighted by atomic mass is 16.6. The van der Waals surface area contributed by atoms with E-state index in [1.54, 1.807) is 6.92 Å². The van der Waals surface area contributed by atoms with E-state index in [9.17, 15) is 9.59 Å². The molecular formula is C18H21N3O4. The van der Waals surface area contributed by atoms with Crippen LogP contribution in [0.15, 0.2) is 41.3 Å². The Morgan fingerprint density at radius 3 is 2.84 bits per heavy atom. The van der Waals surface area contributed by atoms with Crippen molar-refractivity contribution in [3.8, 4) is 0 Å². The summed E-state index contributed by atoms with van der Waals surface area (Å²) in [6, 6.07) is 7.66. The number of hydrogen-bond donors (Lipinski definition) is 1. The molecule has 0 bridgehead atoms. The average Bonchev–Trinajstić information content (AvgIpc) is 3.14. The average molecular weight is 343 g/mol. The van der Waals surface area contributed by atoms with Gasteiger partial charge in [0.25, 0.3) is 0 Å². The van der Waals surface area contributed by atoms with Crippen LogP contribution in [0.4, 0.5) is 10.5 Å². The second kappa shape index (κ2) is 7.83. The molecule has 1 saturated heterocycles. The van der Waals surface area contributed by atoms with E-state index in [4.69, 9.17) is 9.15 Å². The summed E-state index contributed by atoms with van der Waals surface area (Å²) in [5, 5.41) is 2.67. The minimum atomic E-state index is -0.551. The first-order chi connectivity index (χ1) is 12.1. The summed E-state index contributed by atoms with van der Waals surface area (Å²) in [6.45, 7) is 3.23. The molecule has 1 N–H and O–H groups in total. The van der Waals surface area contributed by atoms with Crippen molar-refractivity contribution in [1.29, 1.82) is 0 Å². The third-order valence-electron chi connectivity index (χ3n) is 4.32. The third kappa shape index (κ3) is 4.59. The first-order valence-corrected chi connectivity index (χ1v) is 8.28. The Balaban J connectivity index is 1.53. The molecule has 1 aliphatic rings. The number of nitrogens with one attached hydrogen (secondary N) is 1. The zero-order valence-electron chi connectivity index (χ0n) is 14.1. The highest BCUT2D eigenvalue weighted by molar-refractivity contribution is 5.84. The standard InChI is InChI=1S/C18H21N3O4/c1-13(22)21-8-2-3-15(10-21)14-4-6-16(7-5-14)20-18(23)24-11-17-9-19-12-25-17/h4-7,9,12,15H,2-3,8,10-11H2,1H3,(H,20,23). The fourth-order valence-corrected chi connectivity index (χ4v) is 2.98. The van der Waals surface area contributed by atoms with E-state index in [-0.39, 0.29) is 12.5 Å². The van der Waals surface area contributed by atoms with Gasteiger partial charge in [-0.25, -0.2) is 9.78 Å². The fraction of sp³-hybridized carbons (Fsp3) is 0.389. The molecule has 1 aromatic heterocycles. The van der Waals surface area contributed by atoms with Gasteiger partial charge in [-0.05, 0) is 30.5 Å². The van der Waals surface area contributed by atoms with Gasteiger partial charge in [-0.2, -0.15) is 0 Å². The van der Waals surface area contributed by atoms with Crippen molar-refractivity contribution in [1.82, 2.24) is 9.88 Å². The molecule has 0 radical (unpaired) electrons. The first kappa shape index (κ1) is 17.0. The van der Waals surface area contributed by atoms with E-state index < -0.39 is 6.09 Å². The molecule has 7 nitrogen and oxygen atoms in total.